The maximum absolute atomic E-state index is 12.6. The molecule has 0 saturated carbocycles. The zero-order valence-electron chi connectivity index (χ0n) is 11.6. The van der Waals surface area contributed by atoms with E-state index in [0.717, 1.165) is 18.0 Å². The number of nitrogens with one attached hydrogen (secondary N) is 1. The molecule has 2 heterocycles. The summed E-state index contributed by atoms with van der Waals surface area (Å²) in [4.78, 5) is 3.21. The Morgan fingerprint density at radius 2 is 2.16 bits per heavy atom. The van der Waals surface area contributed by atoms with Crippen molar-refractivity contribution in [2.45, 2.75) is 23.7 Å². The van der Waals surface area contributed by atoms with Crippen LogP contribution in [-0.2, 0) is 16.6 Å². The van der Waals surface area contributed by atoms with Crippen LogP contribution in [0.5, 0.6) is 0 Å². The van der Waals surface area contributed by atoms with E-state index in [0.29, 0.717) is 17.3 Å². The zero-order chi connectivity index (χ0) is 14.0. The van der Waals surface area contributed by atoms with Crippen LogP contribution in [0.4, 0.5) is 0 Å². The molecule has 1 aromatic rings. The Morgan fingerprint density at radius 3 is 2.79 bits per heavy atom. The summed E-state index contributed by atoms with van der Waals surface area (Å²) in [7, 11) is 0.547. The Morgan fingerprint density at radius 1 is 1.42 bits per heavy atom. The first kappa shape index (κ1) is 14.9. The van der Waals surface area contributed by atoms with E-state index in [1.54, 1.807) is 10.4 Å². The highest BCUT2D eigenvalue weighted by Crippen LogP contribution is 2.27. The van der Waals surface area contributed by atoms with E-state index in [4.69, 9.17) is 0 Å². The molecule has 1 aliphatic heterocycles. The Balaban J connectivity index is 2.21. The van der Waals surface area contributed by atoms with Gasteiger partial charge in [0.05, 0.1) is 0 Å². The van der Waals surface area contributed by atoms with Crippen molar-refractivity contribution >= 4 is 21.4 Å². The second-order valence-electron chi connectivity index (χ2n) is 4.98. The molecular weight excluding hydrogens is 282 g/mol. The third kappa shape index (κ3) is 3.17. The lowest BCUT2D eigenvalue weighted by molar-refractivity contribution is 0.170. The van der Waals surface area contributed by atoms with E-state index in [2.05, 4.69) is 10.2 Å². The fourth-order valence-corrected chi connectivity index (χ4v) is 5.47. The summed E-state index contributed by atoms with van der Waals surface area (Å²) in [6.45, 7) is 4.82. The number of sulfonamides is 1. The first-order valence-electron chi connectivity index (χ1n) is 6.39. The van der Waals surface area contributed by atoms with Crippen molar-refractivity contribution in [3.63, 3.8) is 0 Å². The quantitative estimate of drug-likeness (QED) is 0.893. The third-order valence-corrected chi connectivity index (χ3v) is 6.89. The standard InChI is InChI=1S/C12H21N3O2S2/c1-10-9-14(3)6-7-15(10)19(16,17)12-5-4-11(18-12)8-13-2/h4-5,10,13H,6-9H2,1-3H3. The zero-order valence-corrected chi connectivity index (χ0v) is 13.2. The molecule has 108 valence electrons. The number of thiophene rings is 1. The van der Waals surface area contributed by atoms with Gasteiger partial charge in [-0.1, -0.05) is 0 Å². The van der Waals surface area contributed by atoms with Crippen LogP contribution in [0.3, 0.4) is 0 Å². The lowest BCUT2D eigenvalue weighted by atomic mass is 10.2. The van der Waals surface area contributed by atoms with Crippen LogP contribution in [-0.4, -0.2) is 57.4 Å². The Hall–Kier alpha value is -0.470. The maximum Gasteiger partial charge on any atom is 0.252 e. The van der Waals surface area contributed by atoms with Gasteiger partial charge in [0, 0.05) is 37.1 Å². The molecule has 0 aromatic carbocycles. The second-order valence-corrected chi connectivity index (χ2v) is 8.26. The Bertz CT molecular complexity index is 527. The summed E-state index contributed by atoms with van der Waals surface area (Å²) in [6.07, 6.45) is 0. The minimum atomic E-state index is -3.33. The molecule has 1 atom stereocenters. The minimum Gasteiger partial charge on any atom is -0.315 e. The normalized spacial score (nSPS) is 22.8. The van der Waals surface area contributed by atoms with E-state index in [9.17, 15) is 8.42 Å². The summed E-state index contributed by atoms with van der Waals surface area (Å²) in [5, 5.41) is 3.04. The molecule has 1 fully saturated rings. The second kappa shape index (κ2) is 5.88. The number of rotatable bonds is 4. The van der Waals surface area contributed by atoms with Crippen molar-refractivity contribution in [3.05, 3.63) is 17.0 Å². The molecular formula is C12H21N3O2S2. The van der Waals surface area contributed by atoms with E-state index in [1.165, 1.54) is 11.3 Å². The molecule has 0 spiro atoms. The number of nitrogens with zero attached hydrogens (tertiary/aromatic N) is 2. The van der Waals surface area contributed by atoms with Crippen molar-refractivity contribution in [1.82, 2.24) is 14.5 Å². The highest BCUT2D eigenvalue weighted by Gasteiger charge is 2.33. The SMILES string of the molecule is CNCc1ccc(S(=O)(=O)N2CCN(C)CC2C)s1. The van der Waals surface area contributed by atoms with E-state index in [1.807, 2.05) is 27.1 Å². The molecule has 1 N–H and O–H groups in total. The van der Waals surface area contributed by atoms with Crippen LogP contribution in [0.2, 0.25) is 0 Å². The third-order valence-electron chi connectivity index (χ3n) is 3.32. The molecule has 5 nitrogen and oxygen atoms in total. The van der Waals surface area contributed by atoms with Gasteiger partial charge in [0.1, 0.15) is 4.21 Å². The molecule has 2 rings (SSSR count). The largest absolute Gasteiger partial charge is 0.315 e. The topological polar surface area (TPSA) is 52.7 Å². The summed E-state index contributed by atoms with van der Waals surface area (Å²) in [5.74, 6) is 0. The average molecular weight is 303 g/mol. The molecule has 1 saturated heterocycles. The van der Waals surface area contributed by atoms with Crippen LogP contribution in [0.1, 0.15) is 11.8 Å². The maximum atomic E-state index is 12.6. The van der Waals surface area contributed by atoms with Gasteiger partial charge in [-0.2, -0.15) is 4.31 Å². The van der Waals surface area contributed by atoms with Gasteiger partial charge < -0.3 is 10.2 Å². The van der Waals surface area contributed by atoms with Gasteiger partial charge in [0.2, 0.25) is 0 Å². The molecule has 1 unspecified atom stereocenters. The van der Waals surface area contributed by atoms with Gasteiger partial charge in [-0.25, -0.2) is 8.42 Å². The summed E-state index contributed by atoms with van der Waals surface area (Å²) in [6, 6.07) is 3.63. The van der Waals surface area contributed by atoms with Gasteiger partial charge in [0.25, 0.3) is 10.0 Å². The highest BCUT2D eigenvalue weighted by molar-refractivity contribution is 7.91. The summed E-state index contributed by atoms with van der Waals surface area (Å²) >= 11 is 1.36. The molecule has 0 amide bonds. The number of likely N-dealkylation sites (N-methyl/N-ethyl adjacent to an activating group) is 1. The van der Waals surface area contributed by atoms with Gasteiger partial charge in [-0.05, 0) is 33.2 Å². The predicted molar refractivity (Wildman–Crippen MR) is 77.9 cm³/mol. The lowest BCUT2D eigenvalue weighted by Crippen LogP contribution is -2.52. The fourth-order valence-electron chi connectivity index (χ4n) is 2.36. The molecule has 0 bridgehead atoms. The number of piperazine rings is 1. The molecule has 1 aliphatic rings. The molecule has 1 aromatic heterocycles. The monoisotopic (exact) mass is 303 g/mol. The van der Waals surface area contributed by atoms with Gasteiger partial charge in [0.15, 0.2) is 0 Å². The Labute approximate surface area is 119 Å². The van der Waals surface area contributed by atoms with Crippen LogP contribution in [0.25, 0.3) is 0 Å². The molecule has 0 aliphatic carbocycles. The van der Waals surface area contributed by atoms with Gasteiger partial charge in [-0.15, -0.1) is 11.3 Å². The van der Waals surface area contributed by atoms with Crippen LogP contribution in [0, 0.1) is 0 Å². The van der Waals surface area contributed by atoms with E-state index < -0.39 is 10.0 Å². The lowest BCUT2D eigenvalue weighted by Gasteiger charge is -2.36. The molecule has 0 radical (unpaired) electrons. The van der Waals surface area contributed by atoms with Crippen molar-refractivity contribution in [2.75, 3.05) is 33.7 Å². The Kier molecular flexibility index (Phi) is 4.62. The van der Waals surface area contributed by atoms with Gasteiger partial charge in [-0.3, -0.25) is 0 Å². The first-order chi connectivity index (χ1) is 8.95. The highest BCUT2D eigenvalue weighted by atomic mass is 32.2. The fraction of sp³-hybridized carbons (Fsp3) is 0.667. The first-order valence-corrected chi connectivity index (χ1v) is 8.64. The van der Waals surface area contributed by atoms with E-state index >= 15 is 0 Å². The molecule has 19 heavy (non-hydrogen) atoms. The van der Waals surface area contributed by atoms with E-state index in [-0.39, 0.29) is 6.04 Å². The minimum absolute atomic E-state index is 0.0265. The van der Waals surface area contributed by atoms with Crippen molar-refractivity contribution in [3.8, 4) is 0 Å². The van der Waals surface area contributed by atoms with Crippen molar-refractivity contribution in [2.24, 2.45) is 0 Å². The average Bonchev–Trinajstić information content (AvgIpc) is 2.78. The van der Waals surface area contributed by atoms with Gasteiger partial charge >= 0.3 is 0 Å². The number of hydrogen-bond donors (Lipinski definition) is 1. The smallest absolute Gasteiger partial charge is 0.252 e. The summed E-state index contributed by atoms with van der Waals surface area (Å²) < 4.78 is 27.3. The summed E-state index contributed by atoms with van der Waals surface area (Å²) in [5.41, 5.74) is 0. The number of hydrogen-bond acceptors (Lipinski definition) is 5. The van der Waals surface area contributed by atoms with Crippen LogP contribution in [0.15, 0.2) is 16.3 Å². The van der Waals surface area contributed by atoms with Crippen LogP contribution >= 0.6 is 11.3 Å². The molecule has 7 heteroatoms. The predicted octanol–water partition coefficient (Wildman–Crippen LogP) is 0.792. The van der Waals surface area contributed by atoms with Crippen LogP contribution < -0.4 is 5.32 Å². The van der Waals surface area contributed by atoms with Crippen molar-refractivity contribution in [1.29, 1.82) is 0 Å². The van der Waals surface area contributed by atoms with Crippen molar-refractivity contribution < 1.29 is 8.42 Å².